The molecular formula is C16H19FN2O. The Morgan fingerprint density at radius 1 is 1.15 bits per heavy atom. The summed E-state index contributed by atoms with van der Waals surface area (Å²) in [6, 6.07) is 14.5. The molecule has 1 atom stereocenters. The van der Waals surface area contributed by atoms with Gasteiger partial charge in [-0.15, -0.1) is 0 Å². The van der Waals surface area contributed by atoms with E-state index in [1.54, 1.807) is 19.2 Å². The Hall–Kier alpha value is -1.91. The number of methoxy groups -OCH3 is 1. The second-order valence-corrected chi connectivity index (χ2v) is 4.71. The topological polar surface area (TPSA) is 47.3 Å². The van der Waals surface area contributed by atoms with E-state index in [1.165, 1.54) is 6.07 Å². The standard InChI is InChI=1S/C16H19FN2O/c1-20-15-7-4-5-12(10-15)9-14(19-18)11-13-6-2-3-8-16(13)17/h2-8,10,14,19H,9,11,18H2,1H3. The number of hydrogen-bond donors (Lipinski definition) is 2. The predicted molar refractivity (Wildman–Crippen MR) is 77.9 cm³/mol. The van der Waals surface area contributed by atoms with Gasteiger partial charge in [0.2, 0.25) is 0 Å². The molecule has 0 amide bonds. The van der Waals surface area contributed by atoms with Crippen molar-refractivity contribution in [3.8, 4) is 5.75 Å². The van der Waals surface area contributed by atoms with Gasteiger partial charge in [-0.3, -0.25) is 11.3 Å². The summed E-state index contributed by atoms with van der Waals surface area (Å²) in [7, 11) is 1.64. The normalized spacial score (nSPS) is 12.2. The van der Waals surface area contributed by atoms with Crippen LogP contribution in [0.15, 0.2) is 48.5 Å². The Morgan fingerprint density at radius 3 is 2.65 bits per heavy atom. The smallest absolute Gasteiger partial charge is 0.126 e. The van der Waals surface area contributed by atoms with Crippen LogP contribution in [0.1, 0.15) is 11.1 Å². The van der Waals surface area contributed by atoms with Crippen LogP contribution in [-0.4, -0.2) is 13.2 Å². The van der Waals surface area contributed by atoms with Gasteiger partial charge in [0.15, 0.2) is 0 Å². The van der Waals surface area contributed by atoms with Gasteiger partial charge in [-0.2, -0.15) is 0 Å². The van der Waals surface area contributed by atoms with Crippen LogP contribution in [0, 0.1) is 5.82 Å². The first-order chi connectivity index (χ1) is 9.72. The van der Waals surface area contributed by atoms with E-state index in [0.29, 0.717) is 18.4 Å². The summed E-state index contributed by atoms with van der Waals surface area (Å²) >= 11 is 0. The second kappa shape index (κ2) is 7.03. The predicted octanol–water partition coefficient (Wildman–Crippen LogP) is 2.45. The molecule has 0 bridgehead atoms. The van der Waals surface area contributed by atoms with E-state index in [1.807, 2.05) is 30.3 Å². The van der Waals surface area contributed by atoms with Gasteiger partial charge in [-0.1, -0.05) is 30.3 Å². The van der Waals surface area contributed by atoms with E-state index in [0.717, 1.165) is 11.3 Å². The van der Waals surface area contributed by atoms with Crippen molar-refractivity contribution in [1.29, 1.82) is 0 Å². The van der Waals surface area contributed by atoms with E-state index >= 15 is 0 Å². The lowest BCUT2D eigenvalue weighted by molar-refractivity contribution is 0.413. The molecule has 4 heteroatoms. The van der Waals surface area contributed by atoms with Crippen LogP contribution in [0.3, 0.4) is 0 Å². The molecule has 106 valence electrons. The van der Waals surface area contributed by atoms with Crippen molar-refractivity contribution in [1.82, 2.24) is 5.43 Å². The van der Waals surface area contributed by atoms with E-state index < -0.39 is 0 Å². The molecule has 0 heterocycles. The average molecular weight is 274 g/mol. The summed E-state index contributed by atoms with van der Waals surface area (Å²) in [6.07, 6.45) is 1.25. The van der Waals surface area contributed by atoms with E-state index in [4.69, 9.17) is 10.6 Å². The molecule has 20 heavy (non-hydrogen) atoms. The summed E-state index contributed by atoms with van der Waals surface area (Å²) in [4.78, 5) is 0. The lowest BCUT2D eigenvalue weighted by atomic mass is 9.99. The maximum atomic E-state index is 13.7. The summed E-state index contributed by atoms with van der Waals surface area (Å²) in [5.74, 6) is 6.20. The summed E-state index contributed by atoms with van der Waals surface area (Å²) < 4.78 is 18.9. The highest BCUT2D eigenvalue weighted by atomic mass is 19.1. The Bertz CT molecular complexity index is 560. The van der Waals surface area contributed by atoms with Crippen LogP contribution < -0.4 is 16.0 Å². The van der Waals surface area contributed by atoms with Gasteiger partial charge in [0.25, 0.3) is 0 Å². The molecule has 0 fully saturated rings. The molecule has 0 spiro atoms. The fourth-order valence-electron chi connectivity index (χ4n) is 2.20. The number of hydrogen-bond acceptors (Lipinski definition) is 3. The Balaban J connectivity index is 2.07. The number of ether oxygens (including phenoxy) is 1. The van der Waals surface area contributed by atoms with Gasteiger partial charge in [-0.25, -0.2) is 4.39 Å². The van der Waals surface area contributed by atoms with Crippen LogP contribution in [0.2, 0.25) is 0 Å². The highest BCUT2D eigenvalue weighted by Crippen LogP contribution is 2.16. The average Bonchev–Trinajstić information content (AvgIpc) is 2.49. The number of hydrazine groups is 1. The van der Waals surface area contributed by atoms with Crippen molar-refractivity contribution in [3.05, 3.63) is 65.5 Å². The largest absolute Gasteiger partial charge is 0.497 e. The van der Waals surface area contributed by atoms with Gasteiger partial charge >= 0.3 is 0 Å². The Morgan fingerprint density at radius 2 is 1.95 bits per heavy atom. The third-order valence-corrected chi connectivity index (χ3v) is 3.28. The molecule has 2 aromatic rings. The van der Waals surface area contributed by atoms with Crippen molar-refractivity contribution in [2.24, 2.45) is 5.84 Å². The zero-order valence-corrected chi connectivity index (χ0v) is 11.5. The maximum absolute atomic E-state index is 13.7. The van der Waals surface area contributed by atoms with Crippen LogP contribution in [0.5, 0.6) is 5.75 Å². The zero-order chi connectivity index (χ0) is 14.4. The maximum Gasteiger partial charge on any atom is 0.126 e. The molecule has 0 radical (unpaired) electrons. The lowest BCUT2D eigenvalue weighted by Gasteiger charge is -2.17. The molecule has 0 aliphatic rings. The minimum absolute atomic E-state index is 0.0287. The van der Waals surface area contributed by atoms with Crippen molar-refractivity contribution < 1.29 is 9.13 Å². The summed E-state index contributed by atoms with van der Waals surface area (Å²) in [5.41, 5.74) is 4.52. The number of nitrogens with two attached hydrogens (primary N) is 1. The third-order valence-electron chi connectivity index (χ3n) is 3.28. The first-order valence-corrected chi connectivity index (χ1v) is 6.55. The van der Waals surface area contributed by atoms with Gasteiger partial charge in [-0.05, 0) is 42.2 Å². The molecule has 3 nitrogen and oxygen atoms in total. The van der Waals surface area contributed by atoms with E-state index in [-0.39, 0.29) is 11.9 Å². The van der Waals surface area contributed by atoms with Gasteiger partial charge in [0, 0.05) is 6.04 Å². The van der Waals surface area contributed by atoms with Crippen molar-refractivity contribution in [2.45, 2.75) is 18.9 Å². The Kier molecular flexibility index (Phi) is 5.09. The minimum atomic E-state index is -0.196. The Labute approximate surface area is 118 Å². The summed E-state index contributed by atoms with van der Waals surface area (Å²) in [6.45, 7) is 0. The molecule has 0 aromatic heterocycles. The second-order valence-electron chi connectivity index (χ2n) is 4.71. The zero-order valence-electron chi connectivity index (χ0n) is 11.5. The van der Waals surface area contributed by atoms with E-state index in [2.05, 4.69) is 5.43 Å². The fraction of sp³-hybridized carbons (Fsp3) is 0.250. The first-order valence-electron chi connectivity index (χ1n) is 6.55. The van der Waals surface area contributed by atoms with Crippen molar-refractivity contribution in [3.63, 3.8) is 0 Å². The van der Waals surface area contributed by atoms with Gasteiger partial charge in [0.1, 0.15) is 11.6 Å². The highest BCUT2D eigenvalue weighted by molar-refractivity contribution is 5.29. The SMILES string of the molecule is COc1cccc(CC(Cc2ccccc2F)NN)c1. The summed E-state index contributed by atoms with van der Waals surface area (Å²) in [5, 5.41) is 0. The molecule has 3 N–H and O–H groups in total. The third kappa shape index (κ3) is 3.79. The van der Waals surface area contributed by atoms with E-state index in [9.17, 15) is 4.39 Å². The number of halogens is 1. The highest BCUT2D eigenvalue weighted by Gasteiger charge is 2.12. The molecule has 0 saturated heterocycles. The van der Waals surface area contributed by atoms with Crippen LogP contribution in [-0.2, 0) is 12.8 Å². The minimum Gasteiger partial charge on any atom is -0.497 e. The van der Waals surface area contributed by atoms with Crippen LogP contribution in [0.4, 0.5) is 4.39 Å². The lowest BCUT2D eigenvalue weighted by Crippen LogP contribution is -2.38. The quantitative estimate of drug-likeness (QED) is 0.628. The molecule has 0 aliphatic heterocycles. The number of rotatable bonds is 6. The molecule has 0 saturated carbocycles. The molecule has 2 aromatic carbocycles. The van der Waals surface area contributed by atoms with Gasteiger partial charge in [0.05, 0.1) is 7.11 Å². The van der Waals surface area contributed by atoms with Gasteiger partial charge < -0.3 is 4.74 Å². The molecular weight excluding hydrogens is 255 g/mol. The number of benzene rings is 2. The fourth-order valence-corrected chi connectivity index (χ4v) is 2.20. The molecule has 1 unspecified atom stereocenters. The van der Waals surface area contributed by atoms with Crippen molar-refractivity contribution >= 4 is 0 Å². The molecule has 2 rings (SSSR count). The van der Waals surface area contributed by atoms with Crippen LogP contribution in [0.25, 0.3) is 0 Å². The number of nitrogens with one attached hydrogen (secondary N) is 1. The molecule has 0 aliphatic carbocycles. The monoisotopic (exact) mass is 274 g/mol. The van der Waals surface area contributed by atoms with Crippen LogP contribution >= 0.6 is 0 Å². The van der Waals surface area contributed by atoms with Crippen molar-refractivity contribution in [2.75, 3.05) is 7.11 Å². The first kappa shape index (κ1) is 14.5.